The molecule has 2 heterocycles. The highest BCUT2D eigenvalue weighted by molar-refractivity contribution is 7.17. The van der Waals surface area contributed by atoms with Crippen LogP contribution in [0.5, 0.6) is 0 Å². The summed E-state index contributed by atoms with van der Waals surface area (Å²) in [6.45, 7) is 0. The summed E-state index contributed by atoms with van der Waals surface area (Å²) in [6.07, 6.45) is -4.53. The van der Waals surface area contributed by atoms with Crippen LogP contribution in [0, 0.1) is 0 Å². The van der Waals surface area contributed by atoms with Gasteiger partial charge in [0.25, 0.3) is 5.91 Å². The van der Waals surface area contributed by atoms with Gasteiger partial charge in [0, 0.05) is 12.4 Å². The predicted molar refractivity (Wildman–Crippen MR) is 63.0 cm³/mol. The van der Waals surface area contributed by atoms with E-state index < -0.39 is 17.6 Å². The Bertz CT molecular complexity index is 623. The largest absolute Gasteiger partial charge is 0.417 e. The van der Waals surface area contributed by atoms with Crippen molar-refractivity contribution in [1.29, 1.82) is 0 Å². The van der Waals surface area contributed by atoms with Gasteiger partial charge < -0.3 is 5.32 Å². The highest BCUT2D eigenvalue weighted by atomic mass is 35.5. The van der Waals surface area contributed by atoms with Crippen LogP contribution in [-0.4, -0.2) is 17.9 Å². The van der Waals surface area contributed by atoms with Crippen LogP contribution in [0.15, 0.2) is 11.4 Å². The summed E-state index contributed by atoms with van der Waals surface area (Å²) in [5, 5.41) is 3.38. The number of carbonyl (C=O) groups is 1. The van der Waals surface area contributed by atoms with Crippen molar-refractivity contribution < 1.29 is 18.0 Å². The highest BCUT2D eigenvalue weighted by Crippen LogP contribution is 2.39. The normalized spacial score (nSPS) is 11.8. The number of alkyl halides is 3. The molecule has 3 nitrogen and oxygen atoms in total. The van der Waals surface area contributed by atoms with E-state index in [2.05, 4.69) is 10.3 Å². The molecule has 2 aromatic rings. The van der Waals surface area contributed by atoms with Crippen molar-refractivity contribution in [3.63, 3.8) is 0 Å². The third-order valence-electron chi connectivity index (χ3n) is 2.27. The third kappa shape index (κ3) is 2.15. The first kappa shape index (κ1) is 13.1. The van der Waals surface area contributed by atoms with Gasteiger partial charge in [0.2, 0.25) is 0 Å². The number of halogens is 4. The van der Waals surface area contributed by atoms with Crippen molar-refractivity contribution in [2.45, 2.75) is 6.18 Å². The van der Waals surface area contributed by atoms with Crippen LogP contribution in [0.3, 0.4) is 0 Å². The fraction of sp³-hybridized carbons (Fsp3) is 0.200. The van der Waals surface area contributed by atoms with Crippen LogP contribution in [0.1, 0.15) is 15.9 Å². The summed E-state index contributed by atoms with van der Waals surface area (Å²) in [5.74, 6) is -0.496. The number of carbonyl (C=O) groups excluding carboxylic acids is 1. The van der Waals surface area contributed by atoms with Crippen molar-refractivity contribution in [1.82, 2.24) is 10.3 Å². The SMILES string of the molecule is CNC(=O)c1csc2c(C(F)(F)F)cc(Cl)nc12. The van der Waals surface area contributed by atoms with Crippen molar-refractivity contribution in [3.8, 4) is 0 Å². The maximum absolute atomic E-state index is 12.8. The Labute approximate surface area is 109 Å². The van der Waals surface area contributed by atoms with Gasteiger partial charge in [0.15, 0.2) is 0 Å². The molecule has 0 aliphatic heterocycles. The van der Waals surface area contributed by atoms with Gasteiger partial charge >= 0.3 is 6.18 Å². The number of amides is 1. The zero-order valence-electron chi connectivity index (χ0n) is 8.93. The molecule has 1 amide bonds. The zero-order valence-corrected chi connectivity index (χ0v) is 10.5. The minimum Gasteiger partial charge on any atom is -0.355 e. The summed E-state index contributed by atoms with van der Waals surface area (Å²) in [4.78, 5) is 15.3. The van der Waals surface area contributed by atoms with Gasteiger partial charge in [-0.15, -0.1) is 11.3 Å². The Morgan fingerprint density at radius 2 is 2.17 bits per heavy atom. The molecule has 0 fully saturated rings. The molecular weight excluding hydrogens is 289 g/mol. The average Bonchev–Trinajstić information content (AvgIpc) is 2.69. The van der Waals surface area contributed by atoms with Gasteiger partial charge in [-0.25, -0.2) is 4.98 Å². The molecule has 18 heavy (non-hydrogen) atoms. The average molecular weight is 295 g/mol. The molecule has 0 saturated carbocycles. The van der Waals surface area contributed by atoms with E-state index in [1.807, 2.05) is 0 Å². The second-order valence-electron chi connectivity index (χ2n) is 3.40. The van der Waals surface area contributed by atoms with Crippen molar-refractivity contribution >= 4 is 39.1 Å². The summed E-state index contributed by atoms with van der Waals surface area (Å²) in [6, 6.07) is 0.758. The van der Waals surface area contributed by atoms with Gasteiger partial charge in [-0.1, -0.05) is 11.6 Å². The number of nitrogens with zero attached hydrogens (tertiary/aromatic N) is 1. The van der Waals surface area contributed by atoms with Crippen LogP contribution < -0.4 is 5.32 Å². The van der Waals surface area contributed by atoms with E-state index in [1.54, 1.807) is 0 Å². The van der Waals surface area contributed by atoms with Gasteiger partial charge in [-0.3, -0.25) is 4.79 Å². The Hall–Kier alpha value is -1.34. The summed E-state index contributed by atoms with van der Waals surface area (Å²) in [7, 11) is 1.39. The van der Waals surface area contributed by atoms with Crippen LogP contribution in [0.2, 0.25) is 5.15 Å². The highest BCUT2D eigenvalue weighted by Gasteiger charge is 2.35. The number of hydrogen-bond acceptors (Lipinski definition) is 3. The lowest BCUT2D eigenvalue weighted by Crippen LogP contribution is -2.17. The molecule has 8 heteroatoms. The number of pyridine rings is 1. The zero-order chi connectivity index (χ0) is 13.5. The molecule has 0 aliphatic rings. The smallest absolute Gasteiger partial charge is 0.355 e. The van der Waals surface area contributed by atoms with E-state index in [0.29, 0.717) is 0 Å². The third-order valence-corrected chi connectivity index (χ3v) is 3.46. The minimum absolute atomic E-state index is 0.0285. The number of aromatic nitrogens is 1. The molecule has 0 bridgehead atoms. The van der Waals surface area contributed by atoms with Crippen LogP contribution in [0.25, 0.3) is 10.2 Å². The maximum atomic E-state index is 12.8. The van der Waals surface area contributed by atoms with Crippen LogP contribution >= 0.6 is 22.9 Å². The van der Waals surface area contributed by atoms with E-state index in [1.165, 1.54) is 12.4 Å². The van der Waals surface area contributed by atoms with Gasteiger partial charge in [0.05, 0.1) is 21.3 Å². The number of rotatable bonds is 1. The number of hydrogen-bond donors (Lipinski definition) is 1. The van der Waals surface area contributed by atoms with Crippen molar-refractivity contribution in [2.24, 2.45) is 0 Å². The second kappa shape index (κ2) is 4.40. The van der Waals surface area contributed by atoms with Gasteiger partial charge in [-0.05, 0) is 6.07 Å². The first-order valence-electron chi connectivity index (χ1n) is 4.71. The van der Waals surface area contributed by atoms with Gasteiger partial charge in [0.1, 0.15) is 5.15 Å². The Kier molecular flexibility index (Phi) is 3.20. The molecule has 0 aromatic carbocycles. The number of fused-ring (bicyclic) bond motifs is 1. The van der Waals surface area contributed by atoms with E-state index in [0.717, 1.165) is 17.4 Å². The summed E-state index contributed by atoms with van der Waals surface area (Å²) in [5.41, 5.74) is -0.817. The quantitative estimate of drug-likeness (QED) is 0.820. The molecule has 0 saturated heterocycles. The van der Waals surface area contributed by atoms with E-state index in [4.69, 9.17) is 11.6 Å². The monoisotopic (exact) mass is 294 g/mol. The first-order valence-corrected chi connectivity index (χ1v) is 5.97. The summed E-state index contributed by atoms with van der Waals surface area (Å²) >= 11 is 6.39. The van der Waals surface area contributed by atoms with E-state index in [9.17, 15) is 18.0 Å². The van der Waals surface area contributed by atoms with Crippen molar-refractivity contribution in [3.05, 3.63) is 27.7 Å². The molecule has 0 aliphatic carbocycles. The lowest BCUT2D eigenvalue weighted by molar-refractivity contribution is -0.136. The summed E-state index contributed by atoms with van der Waals surface area (Å²) < 4.78 is 38.3. The number of thiophene rings is 1. The molecular formula is C10H6ClF3N2OS. The standard InChI is InChI=1S/C10H6ClF3N2OS/c1-15-9(17)4-3-18-8-5(10(12,13)14)2-6(11)16-7(4)8/h2-3H,1H3,(H,15,17). The molecule has 0 unspecified atom stereocenters. The maximum Gasteiger partial charge on any atom is 0.417 e. The van der Waals surface area contributed by atoms with Crippen LogP contribution in [0.4, 0.5) is 13.2 Å². The molecule has 2 aromatic heterocycles. The Morgan fingerprint density at radius 1 is 1.50 bits per heavy atom. The lowest BCUT2D eigenvalue weighted by atomic mass is 10.2. The topological polar surface area (TPSA) is 42.0 Å². The number of nitrogens with one attached hydrogen (secondary N) is 1. The second-order valence-corrected chi connectivity index (χ2v) is 4.66. The molecule has 0 spiro atoms. The molecule has 0 radical (unpaired) electrons. The first-order chi connectivity index (χ1) is 8.34. The predicted octanol–water partition coefficient (Wildman–Crippen LogP) is 3.33. The molecule has 0 atom stereocenters. The van der Waals surface area contributed by atoms with Crippen molar-refractivity contribution in [2.75, 3.05) is 7.05 Å². The lowest BCUT2D eigenvalue weighted by Gasteiger charge is -2.08. The fourth-order valence-electron chi connectivity index (χ4n) is 1.48. The fourth-order valence-corrected chi connectivity index (χ4v) is 2.70. The van der Waals surface area contributed by atoms with Gasteiger partial charge in [-0.2, -0.15) is 13.2 Å². The molecule has 2 rings (SSSR count). The van der Waals surface area contributed by atoms with E-state index >= 15 is 0 Å². The van der Waals surface area contributed by atoms with Crippen LogP contribution in [-0.2, 0) is 6.18 Å². The Morgan fingerprint density at radius 3 is 2.72 bits per heavy atom. The Balaban J connectivity index is 2.77. The van der Waals surface area contributed by atoms with E-state index in [-0.39, 0.29) is 20.9 Å². The minimum atomic E-state index is -4.53. The molecule has 1 N–H and O–H groups in total. The molecule has 96 valence electrons.